The van der Waals surface area contributed by atoms with Crippen LogP contribution >= 0.6 is 0 Å². The quantitative estimate of drug-likeness (QED) is 0.652. The number of rotatable bonds is 3. The van der Waals surface area contributed by atoms with Gasteiger partial charge in [-0.05, 0) is 19.1 Å². The Hall–Kier alpha value is -2.50. The molecule has 2 amide bonds. The summed E-state index contributed by atoms with van der Waals surface area (Å²) in [4.78, 5) is 22.9. The number of benzene rings is 1. The largest absolute Gasteiger partial charge is 0.274 e. The lowest BCUT2D eigenvalue weighted by Crippen LogP contribution is -2.28. The molecule has 1 aliphatic heterocycles. The predicted octanol–water partition coefficient (Wildman–Crippen LogP) is 1.15. The minimum absolute atomic E-state index is 0.183. The van der Waals surface area contributed by atoms with E-state index in [0.717, 1.165) is 0 Å². The van der Waals surface area contributed by atoms with Crippen molar-refractivity contribution >= 4 is 29.4 Å². The van der Waals surface area contributed by atoms with Gasteiger partial charge in [0.2, 0.25) is 5.91 Å². The first-order valence-corrected chi connectivity index (χ1v) is 5.83. The van der Waals surface area contributed by atoms with E-state index in [9.17, 15) is 9.59 Å². The van der Waals surface area contributed by atoms with Crippen molar-refractivity contribution in [1.29, 1.82) is 0 Å². The molecule has 0 radical (unpaired) electrons. The Labute approximate surface area is 110 Å². The Bertz CT molecular complexity index is 551. The SMILES string of the molecule is CC(=O)N/N=C\[C@H]1C(=O)N(c2ccccc2)N=C1C. The van der Waals surface area contributed by atoms with Crippen LogP contribution in [-0.4, -0.2) is 23.7 Å². The normalized spacial score (nSPS) is 18.8. The fourth-order valence-corrected chi connectivity index (χ4v) is 1.71. The van der Waals surface area contributed by atoms with E-state index in [1.165, 1.54) is 18.1 Å². The molecule has 98 valence electrons. The molecule has 0 aliphatic carbocycles. The number of nitrogens with one attached hydrogen (secondary N) is 1. The van der Waals surface area contributed by atoms with Crippen LogP contribution in [0.2, 0.25) is 0 Å². The maximum absolute atomic E-state index is 12.2. The molecule has 6 nitrogen and oxygen atoms in total. The van der Waals surface area contributed by atoms with E-state index in [-0.39, 0.29) is 11.8 Å². The summed E-state index contributed by atoms with van der Waals surface area (Å²) in [5, 5.41) is 9.29. The van der Waals surface area contributed by atoms with Gasteiger partial charge in [-0.15, -0.1) is 0 Å². The molecule has 1 aliphatic rings. The number of carbonyl (C=O) groups excluding carboxylic acids is 2. The van der Waals surface area contributed by atoms with E-state index >= 15 is 0 Å². The highest BCUT2D eigenvalue weighted by Crippen LogP contribution is 2.22. The lowest BCUT2D eigenvalue weighted by Gasteiger charge is -2.12. The number of anilines is 1. The number of hydrazone groups is 2. The lowest BCUT2D eigenvalue weighted by molar-refractivity contribution is -0.119. The highest BCUT2D eigenvalue weighted by atomic mass is 16.2. The molecule has 6 heteroatoms. The van der Waals surface area contributed by atoms with Crippen LogP contribution in [0.4, 0.5) is 5.69 Å². The molecule has 0 fully saturated rings. The molecule has 1 aromatic rings. The zero-order chi connectivity index (χ0) is 13.8. The van der Waals surface area contributed by atoms with Crippen molar-refractivity contribution in [2.45, 2.75) is 13.8 Å². The van der Waals surface area contributed by atoms with E-state index in [0.29, 0.717) is 11.4 Å². The highest BCUT2D eigenvalue weighted by molar-refractivity contribution is 6.23. The van der Waals surface area contributed by atoms with Crippen molar-refractivity contribution in [1.82, 2.24) is 5.43 Å². The van der Waals surface area contributed by atoms with Gasteiger partial charge in [0.05, 0.1) is 11.4 Å². The zero-order valence-corrected chi connectivity index (χ0v) is 10.7. The van der Waals surface area contributed by atoms with Crippen molar-refractivity contribution in [2.75, 3.05) is 5.01 Å². The van der Waals surface area contributed by atoms with Crippen LogP contribution in [0.25, 0.3) is 0 Å². The minimum Gasteiger partial charge on any atom is -0.274 e. The van der Waals surface area contributed by atoms with Crippen molar-refractivity contribution in [2.24, 2.45) is 16.1 Å². The summed E-state index contributed by atoms with van der Waals surface area (Å²) in [5.41, 5.74) is 3.62. The first-order valence-electron chi connectivity index (χ1n) is 5.83. The Kier molecular flexibility index (Phi) is 3.70. The summed E-state index contributed by atoms with van der Waals surface area (Å²) >= 11 is 0. The second-order valence-electron chi connectivity index (χ2n) is 4.15. The summed E-state index contributed by atoms with van der Waals surface area (Å²) in [6.07, 6.45) is 1.39. The van der Waals surface area contributed by atoms with Crippen LogP contribution in [0.5, 0.6) is 0 Å². The van der Waals surface area contributed by atoms with Crippen molar-refractivity contribution in [3.05, 3.63) is 30.3 Å². The maximum atomic E-state index is 12.2. The monoisotopic (exact) mass is 258 g/mol. The van der Waals surface area contributed by atoms with Crippen molar-refractivity contribution in [3.63, 3.8) is 0 Å². The Morgan fingerprint density at radius 3 is 2.74 bits per heavy atom. The van der Waals surface area contributed by atoms with Gasteiger partial charge in [-0.1, -0.05) is 18.2 Å². The van der Waals surface area contributed by atoms with Crippen LogP contribution in [0.1, 0.15) is 13.8 Å². The van der Waals surface area contributed by atoms with Gasteiger partial charge < -0.3 is 0 Å². The molecule has 19 heavy (non-hydrogen) atoms. The number of hydrogen-bond acceptors (Lipinski definition) is 4. The molecule has 0 saturated heterocycles. The second-order valence-corrected chi connectivity index (χ2v) is 4.15. The Balaban J connectivity index is 2.15. The van der Waals surface area contributed by atoms with Gasteiger partial charge in [0, 0.05) is 13.1 Å². The molecule has 1 aromatic carbocycles. The minimum atomic E-state index is -0.535. The van der Waals surface area contributed by atoms with E-state index in [4.69, 9.17) is 0 Å². The Morgan fingerprint density at radius 2 is 2.11 bits per heavy atom. The number of carbonyl (C=O) groups is 2. The van der Waals surface area contributed by atoms with E-state index < -0.39 is 5.92 Å². The summed E-state index contributed by atoms with van der Waals surface area (Å²) in [7, 11) is 0. The third kappa shape index (κ3) is 2.85. The first-order chi connectivity index (χ1) is 9.09. The summed E-state index contributed by atoms with van der Waals surface area (Å²) < 4.78 is 0. The van der Waals surface area contributed by atoms with Crippen LogP contribution in [-0.2, 0) is 9.59 Å². The van der Waals surface area contributed by atoms with Gasteiger partial charge in [0.25, 0.3) is 5.91 Å². The molecular formula is C13H14N4O2. The zero-order valence-electron chi connectivity index (χ0n) is 10.7. The Morgan fingerprint density at radius 1 is 1.42 bits per heavy atom. The van der Waals surface area contributed by atoms with Gasteiger partial charge in [0.1, 0.15) is 5.92 Å². The molecule has 1 atom stereocenters. The van der Waals surface area contributed by atoms with Gasteiger partial charge in [-0.3, -0.25) is 9.59 Å². The van der Waals surface area contributed by atoms with Crippen LogP contribution in [0, 0.1) is 5.92 Å². The summed E-state index contributed by atoms with van der Waals surface area (Å²) in [6.45, 7) is 3.11. The fourth-order valence-electron chi connectivity index (χ4n) is 1.71. The van der Waals surface area contributed by atoms with Crippen LogP contribution in [0.15, 0.2) is 40.5 Å². The molecule has 2 rings (SSSR count). The van der Waals surface area contributed by atoms with Crippen LogP contribution in [0.3, 0.4) is 0 Å². The molecule has 0 unspecified atom stereocenters. The second kappa shape index (κ2) is 5.43. The molecule has 1 N–H and O–H groups in total. The molecule has 0 saturated carbocycles. The third-order valence-electron chi connectivity index (χ3n) is 2.63. The van der Waals surface area contributed by atoms with E-state index in [2.05, 4.69) is 15.6 Å². The van der Waals surface area contributed by atoms with Gasteiger partial charge in [0.15, 0.2) is 0 Å². The average Bonchev–Trinajstić information content (AvgIpc) is 2.67. The number of nitrogens with zero attached hydrogens (tertiary/aromatic N) is 3. The highest BCUT2D eigenvalue weighted by Gasteiger charge is 2.33. The topological polar surface area (TPSA) is 74.1 Å². The standard InChI is InChI=1S/C13H14N4O2/c1-9-12(8-14-15-10(2)18)13(19)17(16-9)11-6-4-3-5-7-11/h3-8,12H,1-2H3,(H,15,18)/b14-8-/t12-/m1/s1. The van der Waals surface area contributed by atoms with Crippen molar-refractivity contribution in [3.8, 4) is 0 Å². The van der Waals surface area contributed by atoms with Gasteiger partial charge >= 0.3 is 0 Å². The summed E-state index contributed by atoms with van der Waals surface area (Å²) in [5.74, 6) is -0.999. The first kappa shape index (κ1) is 12.9. The molecule has 1 heterocycles. The smallest absolute Gasteiger partial charge is 0.261 e. The third-order valence-corrected chi connectivity index (χ3v) is 2.63. The number of hydrogen-bond donors (Lipinski definition) is 1. The molecule has 0 bridgehead atoms. The van der Waals surface area contributed by atoms with E-state index in [1.54, 1.807) is 6.92 Å². The number of para-hydroxylation sites is 1. The fraction of sp³-hybridized carbons (Fsp3) is 0.231. The number of amides is 2. The van der Waals surface area contributed by atoms with Gasteiger partial charge in [-0.25, -0.2) is 5.43 Å². The molecular weight excluding hydrogens is 244 g/mol. The van der Waals surface area contributed by atoms with E-state index in [1.807, 2.05) is 30.3 Å². The molecule has 0 aromatic heterocycles. The van der Waals surface area contributed by atoms with Crippen molar-refractivity contribution < 1.29 is 9.59 Å². The maximum Gasteiger partial charge on any atom is 0.261 e. The molecule has 0 spiro atoms. The summed E-state index contributed by atoms with van der Waals surface area (Å²) in [6, 6.07) is 9.17. The van der Waals surface area contributed by atoms with Crippen LogP contribution < -0.4 is 10.4 Å². The lowest BCUT2D eigenvalue weighted by atomic mass is 10.1. The predicted molar refractivity (Wildman–Crippen MR) is 72.8 cm³/mol. The average molecular weight is 258 g/mol. The van der Waals surface area contributed by atoms with Gasteiger partial charge in [-0.2, -0.15) is 15.2 Å².